The van der Waals surface area contributed by atoms with Crippen LogP contribution in [-0.4, -0.2) is 12.6 Å². The molecule has 0 radical (unpaired) electrons. The van der Waals surface area contributed by atoms with Gasteiger partial charge >= 0.3 is 5.97 Å². The first-order valence-corrected chi connectivity index (χ1v) is 8.21. The highest BCUT2D eigenvalue weighted by Gasteiger charge is 2.41. The van der Waals surface area contributed by atoms with Crippen LogP contribution >= 0.6 is 0 Å². The third kappa shape index (κ3) is 2.43. The van der Waals surface area contributed by atoms with Gasteiger partial charge in [0.2, 0.25) is 0 Å². The van der Waals surface area contributed by atoms with Gasteiger partial charge in [-0.15, -0.1) is 0 Å². The van der Waals surface area contributed by atoms with E-state index < -0.39 is 0 Å². The van der Waals surface area contributed by atoms with Crippen molar-refractivity contribution in [3.8, 4) is 5.75 Å². The molecule has 4 rings (SSSR count). The van der Waals surface area contributed by atoms with Crippen molar-refractivity contribution in [1.82, 2.24) is 0 Å². The van der Waals surface area contributed by atoms with Crippen molar-refractivity contribution < 1.29 is 14.3 Å². The number of rotatable bonds is 3. The van der Waals surface area contributed by atoms with Crippen LogP contribution in [0.4, 0.5) is 0 Å². The van der Waals surface area contributed by atoms with Crippen LogP contribution in [0.15, 0.2) is 18.2 Å². The van der Waals surface area contributed by atoms with Crippen LogP contribution in [0.1, 0.15) is 43.2 Å². The van der Waals surface area contributed by atoms with E-state index in [2.05, 4.69) is 0 Å². The second kappa shape index (κ2) is 5.36. The number of carbonyl (C=O) groups is 1. The summed E-state index contributed by atoms with van der Waals surface area (Å²) in [5.74, 6) is 2.50. The van der Waals surface area contributed by atoms with Gasteiger partial charge in [0.15, 0.2) is 0 Å². The van der Waals surface area contributed by atoms with E-state index in [9.17, 15) is 4.79 Å². The highest BCUT2D eigenvalue weighted by Crippen LogP contribution is 2.46. The Balaban J connectivity index is 1.41. The molecule has 112 valence electrons. The Morgan fingerprint density at radius 2 is 2.24 bits per heavy atom. The number of ether oxygens (including phenoxy) is 2. The van der Waals surface area contributed by atoms with E-state index in [1.54, 1.807) is 0 Å². The summed E-state index contributed by atoms with van der Waals surface area (Å²) < 4.78 is 11.2. The average molecular weight is 286 g/mol. The number of benzene rings is 1. The number of fused-ring (bicyclic) bond motifs is 3. The monoisotopic (exact) mass is 286 g/mol. The molecule has 3 heteroatoms. The molecule has 1 aromatic carbocycles. The Kier molecular flexibility index (Phi) is 3.36. The molecule has 0 amide bonds. The summed E-state index contributed by atoms with van der Waals surface area (Å²) in [5, 5.41) is 0. The van der Waals surface area contributed by atoms with Gasteiger partial charge in [-0.1, -0.05) is 25.0 Å². The zero-order valence-corrected chi connectivity index (χ0v) is 12.3. The van der Waals surface area contributed by atoms with Gasteiger partial charge in [0.25, 0.3) is 0 Å². The third-order valence-corrected chi connectivity index (χ3v) is 5.49. The summed E-state index contributed by atoms with van der Waals surface area (Å²) in [6, 6.07) is 6.03. The van der Waals surface area contributed by atoms with Crippen LogP contribution in [0, 0.1) is 17.8 Å². The largest absolute Gasteiger partial charge is 0.493 e. The van der Waals surface area contributed by atoms with Crippen molar-refractivity contribution in [2.45, 2.75) is 45.1 Å². The lowest BCUT2D eigenvalue weighted by atomic mass is 9.87. The first-order valence-electron chi connectivity index (χ1n) is 8.21. The first kappa shape index (κ1) is 13.2. The normalized spacial score (nSPS) is 29.8. The molecule has 3 unspecified atom stereocenters. The van der Waals surface area contributed by atoms with Gasteiger partial charge in [-0.25, -0.2) is 0 Å². The lowest BCUT2D eigenvalue weighted by Crippen LogP contribution is -2.21. The van der Waals surface area contributed by atoms with E-state index >= 15 is 0 Å². The van der Waals surface area contributed by atoms with Crippen LogP contribution in [0.2, 0.25) is 0 Å². The quantitative estimate of drug-likeness (QED) is 0.798. The van der Waals surface area contributed by atoms with Gasteiger partial charge in [0, 0.05) is 12.0 Å². The Labute approximate surface area is 125 Å². The summed E-state index contributed by atoms with van der Waals surface area (Å²) in [5.41, 5.74) is 2.33. The lowest BCUT2D eigenvalue weighted by Gasteiger charge is -2.20. The van der Waals surface area contributed by atoms with Crippen molar-refractivity contribution in [1.29, 1.82) is 0 Å². The second-order valence-corrected chi connectivity index (χ2v) is 6.73. The predicted molar refractivity (Wildman–Crippen MR) is 79.0 cm³/mol. The first-order chi connectivity index (χ1) is 10.3. The molecule has 3 aliphatic rings. The molecule has 1 heterocycles. The SMILES string of the molecule is O=C(OCc1cccc2c1CCO2)C1CC2CCCC1C2. The molecule has 2 saturated carbocycles. The second-order valence-electron chi connectivity index (χ2n) is 6.73. The van der Waals surface area contributed by atoms with Gasteiger partial charge in [-0.2, -0.15) is 0 Å². The number of esters is 1. The molecule has 2 fully saturated rings. The molecule has 3 nitrogen and oxygen atoms in total. The van der Waals surface area contributed by atoms with Gasteiger partial charge in [-0.3, -0.25) is 4.79 Å². The lowest BCUT2D eigenvalue weighted by molar-refractivity contribution is -0.151. The molecule has 0 N–H and O–H groups in total. The van der Waals surface area contributed by atoms with E-state index in [1.165, 1.54) is 31.2 Å². The Morgan fingerprint density at radius 1 is 1.29 bits per heavy atom. The minimum Gasteiger partial charge on any atom is -0.493 e. The van der Waals surface area contributed by atoms with Crippen molar-refractivity contribution >= 4 is 5.97 Å². The number of hydrogen-bond acceptors (Lipinski definition) is 3. The molecule has 1 aliphatic heterocycles. The highest BCUT2D eigenvalue weighted by atomic mass is 16.5. The summed E-state index contributed by atoms with van der Waals surface area (Å²) >= 11 is 0. The highest BCUT2D eigenvalue weighted by molar-refractivity contribution is 5.73. The Bertz CT molecular complexity index is 551. The van der Waals surface area contributed by atoms with Gasteiger partial charge < -0.3 is 9.47 Å². The van der Waals surface area contributed by atoms with Crippen molar-refractivity contribution in [3.63, 3.8) is 0 Å². The van der Waals surface area contributed by atoms with Crippen LogP contribution < -0.4 is 4.74 Å². The minimum atomic E-state index is 0.0286. The van der Waals surface area contributed by atoms with Crippen molar-refractivity contribution in [3.05, 3.63) is 29.3 Å². The molecule has 21 heavy (non-hydrogen) atoms. The fraction of sp³-hybridized carbons (Fsp3) is 0.611. The van der Waals surface area contributed by atoms with Gasteiger partial charge in [-0.05, 0) is 42.7 Å². The minimum absolute atomic E-state index is 0.0286. The van der Waals surface area contributed by atoms with E-state index in [4.69, 9.17) is 9.47 Å². The Hall–Kier alpha value is -1.51. The van der Waals surface area contributed by atoms with E-state index in [-0.39, 0.29) is 11.9 Å². The van der Waals surface area contributed by atoms with Gasteiger partial charge in [0.05, 0.1) is 12.5 Å². The standard InChI is InChI=1S/C18H22O3/c19-18(16-10-12-3-1-4-13(16)9-12)21-11-14-5-2-6-17-15(14)7-8-20-17/h2,5-6,12-13,16H,1,3-4,7-11H2. The van der Waals surface area contributed by atoms with Crippen molar-refractivity contribution in [2.75, 3.05) is 6.61 Å². The van der Waals surface area contributed by atoms with Crippen LogP contribution in [0.5, 0.6) is 5.75 Å². The van der Waals surface area contributed by atoms with Crippen LogP contribution in [0.25, 0.3) is 0 Å². The van der Waals surface area contributed by atoms with E-state index in [0.717, 1.165) is 36.7 Å². The Morgan fingerprint density at radius 3 is 3.14 bits per heavy atom. The zero-order chi connectivity index (χ0) is 14.2. The van der Waals surface area contributed by atoms with E-state index in [1.807, 2.05) is 18.2 Å². The smallest absolute Gasteiger partial charge is 0.309 e. The fourth-order valence-corrected chi connectivity index (χ4v) is 4.44. The maximum absolute atomic E-state index is 12.4. The fourth-order valence-electron chi connectivity index (χ4n) is 4.44. The third-order valence-electron chi connectivity index (χ3n) is 5.49. The molecular weight excluding hydrogens is 264 g/mol. The molecule has 2 aliphatic carbocycles. The van der Waals surface area contributed by atoms with Crippen LogP contribution in [0.3, 0.4) is 0 Å². The summed E-state index contributed by atoms with van der Waals surface area (Å²) in [6.07, 6.45) is 7.04. The molecule has 0 aromatic heterocycles. The average Bonchev–Trinajstić information content (AvgIpc) is 3.09. The summed E-state index contributed by atoms with van der Waals surface area (Å²) in [4.78, 5) is 12.4. The molecule has 1 aromatic rings. The topological polar surface area (TPSA) is 35.5 Å². The van der Waals surface area contributed by atoms with Crippen molar-refractivity contribution in [2.24, 2.45) is 17.8 Å². The predicted octanol–water partition coefficient (Wildman–Crippen LogP) is 3.49. The molecule has 0 saturated heterocycles. The maximum Gasteiger partial charge on any atom is 0.309 e. The molecule has 2 bridgehead atoms. The van der Waals surface area contributed by atoms with Gasteiger partial charge in [0.1, 0.15) is 12.4 Å². The summed E-state index contributed by atoms with van der Waals surface area (Å²) in [6.45, 7) is 1.14. The number of carbonyl (C=O) groups excluding carboxylic acids is 1. The van der Waals surface area contributed by atoms with E-state index in [0.29, 0.717) is 12.5 Å². The number of hydrogen-bond donors (Lipinski definition) is 0. The van der Waals surface area contributed by atoms with Crippen LogP contribution in [-0.2, 0) is 22.6 Å². The molecular formula is C18H22O3. The molecule has 3 atom stereocenters. The molecule has 0 spiro atoms. The zero-order valence-electron chi connectivity index (χ0n) is 12.3. The maximum atomic E-state index is 12.4. The summed E-state index contributed by atoms with van der Waals surface area (Å²) in [7, 11) is 0.